The van der Waals surface area contributed by atoms with Gasteiger partial charge in [0.25, 0.3) is 5.91 Å². The van der Waals surface area contributed by atoms with Crippen LogP contribution >= 0.6 is 0 Å². The summed E-state index contributed by atoms with van der Waals surface area (Å²) in [5, 5.41) is 12.6. The third kappa shape index (κ3) is 3.76. The summed E-state index contributed by atoms with van der Waals surface area (Å²) in [6.45, 7) is 0. The maximum Gasteiger partial charge on any atom is 0.459 e. The van der Waals surface area contributed by atoms with Gasteiger partial charge in [-0.2, -0.15) is 45.5 Å². The third-order valence-electron chi connectivity index (χ3n) is 3.65. The molecule has 2 aromatic rings. The topological polar surface area (TPSA) is 70.7 Å². The van der Waals surface area contributed by atoms with E-state index >= 15 is 0 Å². The highest BCUT2D eigenvalue weighted by molar-refractivity contribution is 6.04. The Labute approximate surface area is 159 Å². The predicted molar refractivity (Wildman–Crippen MR) is 77.2 cm³/mol. The third-order valence-corrected chi connectivity index (χ3v) is 3.65. The number of benzene rings is 1. The summed E-state index contributed by atoms with van der Waals surface area (Å²) in [6.07, 6.45) is -12.4. The van der Waals surface area contributed by atoms with Crippen molar-refractivity contribution in [2.24, 2.45) is 7.05 Å². The Balaban J connectivity index is 2.66. The number of aryl methyl sites for hydroxylation is 1. The van der Waals surface area contributed by atoms with Gasteiger partial charge in [0.1, 0.15) is 28.7 Å². The fraction of sp³-hybridized carbons (Fsp3) is 0.267. The van der Waals surface area contributed by atoms with Crippen LogP contribution in [-0.4, -0.2) is 21.9 Å². The lowest BCUT2D eigenvalue weighted by atomic mass is 10.1. The number of halogens is 10. The van der Waals surface area contributed by atoms with E-state index in [-0.39, 0.29) is 4.68 Å². The van der Waals surface area contributed by atoms with E-state index in [1.807, 2.05) is 0 Å². The molecule has 0 saturated heterocycles. The molecule has 0 unspecified atom stereocenters. The van der Waals surface area contributed by atoms with E-state index in [9.17, 15) is 48.7 Å². The summed E-state index contributed by atoms with van der Waals surface area (Å²) in [6, 6.07) is 2.05. The summed E-state index contributed by atoms with van der Waals surface area (Å²) >= 11 is 0. The summed E-state index contributed by atoms with van der Waals surface area (Å²) in [5.41, 5.74) is -9.54. The zero-order valence-corrected chi connectivity index (χ0v) is 14.2. The minimum Gasteiger partial charge on any atom is -0.318 e. The lowest BCUT2D eigenvalue weighted by Crippen LogP contribution is -2.36. The Morgan fingerprint density at radius 1 is 1.10 bits per heavy atom. The quantitative estimate of drug-likeness (QED) is 0.704. The number of carbonyl (C=O) groups excluding carboxylic acids is 1. The Hall–Kier alpha value is -3.31. The number of hydrogen-bond donors (Lipinski definition) is 1. The zero-order valence-electron chi connectivity index (χ0n) is 14.2. The molecule has 0 atom stereocenters. The van der Waals surface area contributed by atoms with Crippen molar-refractivity contribution >= 4 is 11.6 Å². The van der Waals surface area contributed by atoms with Gasteiger partial charge in [0, 0.05) is 7.05 Å². The van der Waals surface area contributed by atoms with Crippen LogP contribution in [0.1, 0.15) is 27.3 Å². The number of nitriles is 1. The normalized spacial score (nSPS) is 12.6. The summed E-state index contributed by atoms with van der Waals surface area (Å²) in [5.74, 6) is -11.2. The van der Waals surface area contributed by atoms with E-state index in [0.717, 1.165) is 6.07 Å². The van der Waals surface area contributed by atoms with Crippen molar-refractivity contribution in [1.29, 1.82) is 5.26 Å². The maximum absolute atomic E-state index is 14.0. The molecule has 1 aromatic heterocycles. The molecule has 162 valence electrons. The number of anilines is 1. The van der Waals surface area contributed by atoms with E-state index in [2.05, 4.69) is 5.10 Å². The second-order valence-corrected chi connectivity index (χ2v) is 5.62. The van der Waals surface area contributed by atoms with Gasteiger partial charge in [-0.1, -0.05) is 0 Å². The standard InChI is InChI=1S/C15H6F10N4O/c1-29-10(12(30)27-7-3-2-6(16)5(4-26)9(7)17)8(14(20,21)22)11(28-29)13(18,19)15(23,24)25/h2-3H,1H3,(H,27,30). The maximum atomic E-state index is 14.0. The molecule has 1 N–H and O–H groups in total. The van der Waals surface area contributed by atoms with Crippen LogP contribution in [-0.2, 0) is 19.1 Å². The van der Waals surface area contributed by atoms with Crippen molar-refractivity contribution in [2.45, 2.75) is 18.3 Å². The van der Waals surface area contributed by atoms with Crippen LogP contribution in [0.3, 0.4) is 0 Å². The van der Waals surface area contributed by atoms with Crippen molar-refractivity contribution in [2.75, 3.05) is 5.32 Å². The van der Waals surface area contributed by atoms with Crippen LogP contribution < -0.4 is 5.32 Å². The van der Waals surface area contributed by atoms with Crippen LogP contribution in [0.4, 0.5) is 49.6 Å². The number of nitrogens with one attached hydrogen (secondary N) is 1. The van der Waals surface area contributed by atoms with Crippen LogP contribution in [0.5, 0.6) is 0 Å². The Morgan fingerprint density at radius 2 is 1.67 bits per heavy atom. The van der Waals surface area contributed by atoms with Crippen molar-refractivity contribution in [1.82, 2.24) is 9.78 Å². The highest BCUT2D eigenvalue weighted by Crippen LogP contribution is 2.48. The van der Waals surface area contributed by atoms with Gasteiger partial charge in [-0.15, -0.1) is 0 Å². The fourth-order valence-corrected chi connectivity index (χ4v) is 2.34. The molecule has 30 heavy (non-hydrogen) atoms. The van der Waals surface area contributed by atoms with Gasteiger partial charge in [-0.05, 0) is 12.1 Å². The number of nitrogens with zero attached hydrogens (tertiary/aromatic N) is 3. The van der Waals surface area contributed by atoms with Crippen LogP contribution in [0.15, 0.2) is 12.1 Å². The SMILES string of the molecule is Cn1nc(C(F)(F)C(F)(F)F)c(C(F)(F)F)c1C(=O)Nc1ccc(F)c(C#N)c1F. The fourth-order valence-electron chi connectivity index (χ4n) is 2.34. The molecule has 0 aliphatic heterocycles. The first-order valence-electron chi connectivity index (χ1n) is 7.32. The monoisotopic (exact) mass is 448 g/mol. The molecule has 1 aromatic carbocycles. The average molecular weight is 448 g/mol. The first-order chi connectivity index (χ1) is 13.5. The van der Waals surface area contributed by atoms with E-state index in [0.29, 0.717) is 19.2 Å². The molecule has 0 aliphatic rings. The molecular weight excluding hydrogens is 442 g/mol. The smallest absolute Gasteiger partial charge is 0.318 e. The van der Waals surface area contributed by atoms with E-state index < -0.39 is 64.0 Å². The Kier molecular flexibility index (Phi) is 5.50. The minimum atomic E-state index is -6.47. The number of rotatable bonds is 3. The molecule has 5 nitrogen and oxygen atoms in total. The molecule has 0 fully saturated rings. The molecule has 0 radical (unpaired) electrons. The molecule has 0 bridgehead atoms. The summed E-state index contributed by atoms with van der Waals surface area (Å²) in [7, 11) is 0.474. The highest BCUT2D eigenvalue weighted by atomic mass is 19.4. The highest BCUT2D eigenvalue weighted by Gasteiger charge is 2.64. The van der Waals surface area contributed by atoms with Gasteiger partial charge in [-0.3, -0.25) is 9.48 Å². The second kappa shape index (κ2) is 7.18. The molecular formula is C15H6F10N4O. The van der Waals surface area contributed by atoms with Gasteiger partial charge >= 0.3 is 18.3 Å². The molecule has 0 aliphatic carbocycles. The minimum absolute atomic E-state index is 0.195. The number of carbonyl (C=O) groups is 1. The number of hydrogen-bond acceptors (Lipinski definition) is 3. The number of alkyl halides is 8. The summed E-state index contributed by atoms with van der Waals surface area (Å²) in [4.78, 5) is 12.2. The number of aromatic nitrogens is 2. The van der Waals surface area contributed by atoms with Gasteiger partial charge in [0.15, 0.2) is 11.5 Å². The Bertz CT molecular complexity index is 1050. The average Bonchev–Trinajstić information content (AvgIpc) is 2.95. The molecule has 15 heteroatoms. The van der Waals surface area contributed by atoms with Crippen LogP contribution in [0.25, 0.3) is 0 Å². The lowest BCUT2D eigenvalue weighted by molar-refractivity contribution is -0.292. The van der Waals surface area contributed by atoms with Crippen molar-refractivity contribution in [3.05, 3.63) is 46.3 Å². The van der Waals surface area contributed by atoms with E-state index in [1.54, 1.807) is 0 Å². The van der Waals surface area contributed by atoms with Gasteiger partial charge in [0.05, 0.1) is 5.69 Å². The Morgan fingerprint density at radius 3 is 2.13 bits per heavy atom. The van der Waals surface area contributed by atoms with Crippen LogP contribution in [0.2, 0.25) is 0 Å². The van der Waals surface area contributed by atoms with Crippen molar-refractivity contribution in [3.63, 3.8) is 0 Å². The molecule has 2 rings (SSSR count). The summed E-state index contributed by atoms with van der Waals surface area (Å²) < 4.78 is 132. The molecule has 0 spiro atoms. The first-order valence-corrected chi connectivity index (χ1v) is 7.32. The van der Waals surface area contributed by atoms with Crippen molar-refractivity contribution < 1.29 is 48.7 Å². The molecule has 1 amide bonds. The lowest BCUT2D eigenvalue weighted by Gasteiger charge is -2.19. The number of amides is 1. The van der Waals surface area contributed by atoms with Crippen LogP contribution in [0, 0.1) is 23.0 Å². The van der Waals surface area contributed by atoms with Gasteiger partial charge in [0.2, 0.25) is 0 Å². The largest absolute Gasteiger partial charge is 0.459 e. The first kappa shape index (κ1) is 23.0. The second-order valence-electron chi connectivity index (χ2n) is 5.62. The van der Waals surface area contributed by atoms with E-state index in [4.69, 9.17) is 5.26 Å². The predicted octanol–water partition coefficient (Wildman–Crippen LogP) is 4.50. The van der Waals surface area contributed by atoms with Gasteiger partial charge < -0.3 is 5.32 Å². The van der Waals surface area contributed by atoms with Crippen molar-refractivity contribution in [3.8, 4) is 6.07 Å². The molecule has 1 heterocycles. The molecule has 0 saturated carbocycles. The van der Waals surface area contributed by atoms with E-state index in [1.165, 1.54) is 5.32 Å². The van der Waals surface area contributed by atoms with Gasteiger partial charge in [-0.25, -0.2) is 8.78 Å². The zero-order chi connectivity index (χ0) is 23.2.